The molecule has 1 amide bonds. The van der Waals surface area contributed by atoms with E-state index in [-0.39, 0.29) is 29.6 Å². The van der Waals surface area contributed by atoms with Gasteiger partial charge in [-0.1, -0.05) is 51.1 Å². The molecule has 0 bridgehead atoms. The van der Waals surface area contributed by atoms with E-state index in [0.29, 0.717) is 30.6 Å². The number of rotatable bonds is 6. The van der Waals surface area contributed by atoms with E-state index < -0.39 is 0 Å². The highest BCUT2D eigenvalue weighted by Gasteiger charge is 2.51. The van der Waals surface area contributed by atoms with Gasteiger partial charge in [0, 0.05) is 19.2 Å². The van der Waals surface area contributed by atoms with Crippen molar-refractivity contribution in [3.63, 3.8) is 0 Å². The number of amides is 1. The molecule has 2 aromatic rings. The van der Waals surface area contributed by atoms with Crippen molar-refractivity contribution in [1.82, 2.24) is 4.90 Å². The van der Waals surface area contributed by atoms with E-state index >= 15 is 0 Å². The third kappa shape index (κ3) is 7.67. The Morgan fingerprint density at radius 2 is 1.54 bits per heavy atom. The summed E-state index contributed by atoms with van der Waals surface area (Å²) in [4.78, 5) is 24.0. The molecule has 0 aromatic heterocycles. The number of carbonyl (C=O) groups excluding carboxylic acids is 2. The smallest absolute Gasteiger partial charge is 0.493 e. The van der Waals surface area contributed by atoms with Crippen molar-refractivity contribution < 1.29 is 23.6 Å². The van der Waals surface area contributed by atoms with Crippen molar-refractivity contribution in [3.05, 3.63) is 59.7 Å². The van der Waals surface area contributed by atoms with Gasteiger partial charge in [-0.2, -0.15) is 0 Å². The number of benzene rings is 2. The maximum Gasteiger partial charge on any atom is 0.494 e. The Kier molecular flexibility index (Phi) is 9.32. The normalized spacial score (nSPS) is 16.2. The number of aldehydes is 1. The Balaban J connectivity index is 0.000000269. The maximum atomic E-state index is 11.7. The van der Waals surface area contributed by atoms with Crippen LogP contribution in [0.1, 0.15) is 76.1 Å². The second kappa shape index (κ2) is 11.4. The minimum Gasteiger partial charge on any atom is -0.493 e. The van der Waals surface area contributed by atoms with Crippen LogP contribution in [0.4, 0.5) is 0 Å². The molecule has 1 saturated heterocycles. The van der Waals surface area contributed by atoms with Crippen LogP contribution in [0.25, 0.3) is 0 Å². The van der Waals surface area contributed by atoms with E-state index in [4.69, 9.17) is 14.0 Å². The monoisotopic (exact) mass is 481 g/mol. The van der Waals surface area contributed by atoms with E-state index in [1.165, 1.54) is 0 Å². The minimum atomic E-state index is -0.313. The first-order chi connectivity index (χ1) is 16.2. The van der Waals surface area contributed by atoms with Crippen LogP contribution in [0.3, 0.4) is 0 Å². The molecule has 0 N–H and O–H groups in total. The average Bonchev–Trinajstić information content (AvgIpc) is 3.03. The molecule has 3 rings (SSSR count). The van der Waals surface area contributed by atoms with Crippen molar-refractivity contribution in [2.75, 3.05) is 20.2 Å². The van der Waals surface area contributed by atoms with Crippen molar-refractivity contribution >= 4 is 24.8 Å². The molecular formula is C28H40BNO5. The lowest BCUT2D eigenvalue weighted by Crippen LogP contribution is -2.41. The predicted octanol–water partition coefficient (Wildman–Crippen LogP) is 5.00. The lowest BCUT2D eigenvalue weighted by atomic mass is 9.79. The molecule has 1 aliphatic rings. The second-order valence-electron chi connectivity index (χ2n) is 11.0. The number of hydrogen-bond donors (Lipinski definition) is 0. The van der Waals surface area contributed by atoms with Gasteiger partial charge in [-0.25, -0.2) is 0 Å². The number of hydrogen-bond acceptors (Lipinski definition) is 5. The fraction of sp³-hybridized carbons (Fsp3) is 0.500. The maximum absolute atomic E-state index is 11.7. The first kappa shape index (κ1) is 28.6. The van der Waals surface area contributed by atoms with Crippen LogP contribution >= 0.6 is 0 Å². The molecule has 0 radical (unpaired) electrons. The molecule has 1 aliphatic heterocycles. The van der Waals surface area contributed by atoms with Crippen molar-refractivity contribution in [2.24, 2.45) is 5.41 Å². The minimum absolute atomic E-state index is 0.116. The van der Waals surface area contributed by atoms with Gasteiger partial charge in [-0.05, 0) is 63.7 Å². The van der Waals surface area contributed by atoms with Gasteiger partial charge in [-0.3, -0.25) is 9.59 Å². The Morgan fingerprint density at radius 1 is 1.00 bits per heavy atom. The summed E-state index contributed by atoms with van der Waals surface area (Å²) in [6.45, 7) is 17.9. The third-order valence-electron chi connectivity index (χ3n) is 6.22. The van der Waals surface area contributed by atoms with E-state index in [9.17, 15) is 9.59 Å². The zero-order chi connectivity index (χ0) is 26.4. The van der Waals surface area contributed by atoms with Crippen molar-refractivity contribution in [1.29, 1.82) is 0 Å². The SMILES string of the molecule is CC(C)(C)COc1ccc(B2OC(C)(C)C(C)(C)O2)cc1.CCN(C)C(=O)c1ccccc1C=O. The van der Waals surface area contributed by atoms with Gasteiger partial charge in [0.15, 0.2) is 6.29 Å². The fourth-order valence-electron chi connectivity index (χ4n) is 3.14. The standard InChI is InChI=1S/C17H27BO3.C11H13NO2/c1-15(2,3)12-19-14-10-8-13(9-11-14)18-20-16(4,5)17(6,7)21-18;1-3-12(2)11(14)10-7-5-4-6-9(10)8-13/h8-11H,12H2,1-7H3;4-8H,3H2,1-2H3. The quantitative estimate of drug-likeness (QED) is 0.429. The highest BCUT2D eigenvalue weighted by molar-refractivity contribution is 6.62. The molecular weight excluding hydrogens is 441 g/mol. The lowest BCUT2D eigenvalue weighted by Gasteiger charge is -2.32. The Labute approximate surface area is 211 Å². The first-order valence-corrected chi connectivity index (χ1v) is 12.1. The predicted molar refractivity (Wildman–Crippen MR) is 142 cm³/mol. The summed E-state index contributed by atoms with van der Waals surface area (Å²) in [6.07, 6.45) is 0.705. The summed E-state index contributed by atoms with van der Waals surface area (Å²) in [5.74, 6) is 0.764. The molecule has 0 unspecified atom stereocenters. The number of carbonyl (C=O) groups is 2. The molecule has 6 nitrogen and oxygen atoms in total. The summed E-state index contributed by atoms with van der Waals surface area (Å²) in [5, 5.41) is 0. The van der Waals surface area contributed by atoms with Crippen LogP contribution in [0, 0.1) is 5.41 Å². The van der Waals surface area contributed by atoms with Crippen LogP contribution in [0.5, 0.6) is 5.75 Å². The topological polar surface area (TPSA) is 65.1 Å². The van der Waals surface area contributed by atoms with Gasteiger partial charge in [0.05, 0.1) is 23.4 Å². The van der Waals surface area contributed by atoms with Crippen molar-refractivity contribution in [3.8, 4) is 5.75 Å². The Morgan fingerprint density at radius 3 is 2.03 bits per heavy atom. The van der Waals surface area contributed by atoms with Gasteiger partial charge in [0.2, 0.25) is 0 Å². The van der Waals surface area contributed by atoms with E-state index in [1.54, 1.807) is 36.2 Å². The molecule has 7 heteroatoms. The van der Waals surface area contributed by atoms with Crippen LogP contribution in [-0.4, -0.2) is 55.6 Å². The number of ether oxygens (including phenoxy) is 1. The van der Waals surface area contributed by atoms with Gasteiger partial charge in [0.1, 0.15) is 5.75 Å². The highest BCUT2D eigenvalue weighted by atomic mass is 16.7. The van der Waals surface area contributed by atoms with Crippen LogP contribution in [0.15, 0.2) is 48.5 Å². The summed E-state index contributed by atoms with van der Waals surface area (Å²) < 4.78 is 17.9. The first-order valence-electron chi connectivity index (χ1n) is 12.1. The van der Waals surface area contributed by atoms with Gasteiger partial charge < -0.3 is 18.9 Å². The summed E-state index contributed by atoms with van der Waals surface area (Å²) in [7, 11) is 1.40. The molecule has 190 valence electrons. The zero-order valence-electron chi connectivity index (χ0n) is 22.7. The zero-order valence-corrected chi connectivity index (χ0v) is 22.7. The molecule has 0 saturated carbocycles. The number of nitrogens with zero attached hydrogens (tertiary/aromatic N) is 1. The summed E-state index contributed by atoms with van der Waals surface area (Å²) >= 11 is 0. The third-order valence-corrected chi connectivity index (χ3v) is 6.22. The average molecular weight is 481 g/mol. The molecule has 35 heavy (non-hydrogen) atoms. The highest BCUT2D eigenvalue weighted by Crippen LogP contribution is 2.36. The van der Waals surface area contributed by atoms with E-state index in [1.807, 2.05) is 31.2 Å². The summed E-state index contributed by atoms with van der Waals surface area (Å²) in [5.41, 5.74) is 1.48. The largest absolute Gasteiger partial charge is 0.494 e. The van der Waals surface area contributed by atoms with Crippen molar-refractivity contribution in [2.45, 2.75) is 66.6 Å². The van der Waals surface area contributed by atoms with E-state index in [2.05, 4.69) is 48.5 Å². The summed E-state index contributed by atoms with van der Waals surface area (Å²) in [6, 6.07) is 14.8. The fourth-order valence-corrected chi connectivity index (χ4v) is 3.14. The van der Waals surface area contributed by atoms with Gasteiger partial charge >= 0.3 is 7.12 Å². The van der Waals surface area contributed by atoms with Crippen LogP contribution in [0.2, 0.25) is 0 Å². The van der Waals surface area contributed by atoms with Crippen LogP contribution in [-0.2, 0) is 9.31 Å². The molecule has 0 spiro atoms. The van der Waals surface area contributed by atoms with Gasteiger partial charge in [-0.15, -0.1) is 0 Å². The van der Waals surface area contributed by atoms with E-state index in [0.717, 1.165) is 11.2 Å². The Hall–Kier alpha value is -2.64. The lowest BCUT2D eigenvalue weighted by molar-refractivity contribution is 0.00578. The molecule has 1 heterocycles. The van der Waals surface area contributed by atoms with Gasteiger partial charge in [0.25, 0.3) is 5.91 Å². The molecule has 0 atom stereocenters. The molecule has 2 aromatic carbocycles. The molecule has 1 fully saturated rings. The molecule has 0 aliphatic carbocycles. The second-order valence-corrected chi connectivity index (χ2v) is 11.0. The Bertz CT molecular complexity index is 979. The van der Waals surface area contributed by atoms with Crippen LogP contribution < -0.4 is 10.2 Å².